The van der Waals surface area contributed by atoms with E-state index in [1.165, 1.54) is 6.07 Å². The van der Waals surface area contributed by atoms with E-state index in [0.717, 1.165) is 36.4 Å². The molecule has 3 nitrogen and oxygen atoms in total. The second kappa shape index (κ2) is 6.13. The molecule has 0 radical (unpaired) electrons. The van der Waals surface area contributed by atoms with Gasteiger partial charge in [0, 0.05) is 24.4 Å². The lowest BCUT2D eigenvalue weighted by Crippen LogP contribution is -2.24. The Labute approximate surface area is 117 Å². The van der Waals surface area contributed by atoms with E-state index in [4.69, 9.17) is 0 Å². The number of rotatable bonds is 5. The summed E-state index contributed by atoms with van der Waals surface area (Å²) in [5, 5.41) is 7.54. The maximum atomic E-state index is 14.0. The Hall–Kier alpha value is -1.75. The van der Waals surface area contributed by atoms with Crippen LogP contribution in [0.1, 0.15) is 36.2 Å². The van der Waals surface area contributed by atoms with Gasteiger partial charge in [-0.3, -0.25) is 4.68 Å². The number of halogens is 2. The molecule has 1 atom stereocenters. The summed E-state index contributed by atoms with van der Waals surface area (Å²) >= 11 is 0. The lowest BCUT2D eigenvalue weighted by atomic mass is 9.98. The molecule has 1 unspecified atom stereocenters. The molecule has 0 saturated carbocycles. The molecule has 1 heterocycles. The van der Waals surface area contributed by atoms with Crippen LogP contribution in [-0.2, 0) is 7.05 Å². The normalized spacial score (nSPS) is 12.7. The molecular formula is C15H19F2N3. The van der Waals surface area contributed by atoms with Crippen molar-refractivity contribution in [2.45, 2.75) is 26.3 Å². The van der Waals surface area contributed by atoms with E-state index in [1.54, 1.807) is 4.68 Å². The standard InChI is InChI=1S/C15H19F2N3/c1-4-7-18-15(13-9-20(3)19-10(13)2)12-8-11(16)5-6-14(12)17/h5-6,8-9,15,18H,4,7H2,1-3H3. The van der Waals surface area contributed by atoms with Crippen LogP contribution in [0.2, 0.25) is 0 Å². The molecular weight excluding hydrogens is 260 g/mol. The van der Waals surface area contributed by atoms with Gasteiger partial charge in [0.25, 0.3) is 0 Å². The van der Waals surface area contributed by atoms with Crippen LogP contribution in [0.3, 0.4) is 0 Å². The van der Waals surface area contributed by atoms with E-state index in [-0.39, 0.29) is 6.04 Å². The van der Waals surface area contributed by atoms with Gasteiger partial charge in [-0.15, -0.1) is 0 Å². The Morgan fingerprint density at radius 2 is 2.05 bits per heavy atom. The van der Waals surface area contributed by atoms with E-state index in [1.807, 2.05) is 27.1 Å². The maximum Gasteiger partial charge on any atom is 0.128 e. The van der Waals surface area contributed by atoms with E-state index in [9.17, 15) is 8.78 Å². The second-order valence-corrected chi connectivity index (χ2v) is 4.90. The summed E-state index contributed by atoms with van der Waals surface area (Å²) in [5.74, 6) is -0.852. The molecule has 0 aliphatic rings. The molecule has 0 aliphatic heterocycles. The SMILES string of the molecule is CCCNC(c1cc(F)ccc1F)c1cn(C)nc1C. The molecule has 2 rings (SSSR count). The number of hydrogen-bond donors (Lipinski definition) is 1. The van der Waals surface area contributed by atoms with Gasteiger partial charge in [0.1, 0.15) is 11.6 Å². The third-order valence-corrected chi connectivity index (χ3v) is 3.23. The third kappa shape index (κ3) is 3.04. The summed E-state index contributed by atoms with van der Waals surface area (Å²) in [6.45, 7) is 4.62. The summed E-state index contributed by atoms with van der Waals surface area (Å²) in [6.07, 6.45) is 2.75. The molecule has 0 amide bonds. The van der Waals surface area contributed by atoms with Crippen LogP contribution in [0.5, 0.6) is 0 Å². The number of nitrogens with zero attached hydrogens (tertiary/aromatic N) is 2. The first-order chi connectivity index (χ1) is 9.52. The van der Waals surface area contributed by atoms with Crippen molar-refractivity contribution in [2.75, 3.05) is 6.54 Å². The van der Waals surface area contributed by atoms with Crippen LogP contribution in [0.25, 0.3) is 0 Å². The van der Waals surface area contributed by atoms with Crippen LogP contribution in [0.4, 0.5) is 8.78 Å². The van der Waals surface area contributed by atoms with Crippen molar-refractivity contribution >= 4 is 0 Å². The van der Waals surface area contributed by atoms with Gasteiger partial charge >= 0.3 is 0 Å². The third-order valence-electron chi connectivity index (χ3n) is 3.23. The Morgan fingerprint density at radius 3 is 2.65 bits per heavy atom. The van der Waals surface area contributed by atoms with Gasteiger partial charge in [0.2, 0.25) is 0 Å². The van der Waals surface area contributed by atoms with Gasteiger partial charge in [-0.1, -0.05) is 6.92 Å². The minimum absolute atomic E-state index is 0.314. The first-order valence-electron chi connectivity index (χ1n) is 6.71. The highest BCUT2D eigenvalue weighted by Gasteiger charge is 2.21. The van der Waals surface area contributed by atoms with Gasteiger partial charge in [0.05, 0.1) is 11.7 Å². The van der Waals surface area contributed by atoms with Crippen LogP contribution >= 0.6 is 0 Å². The average Bonchev–Trinajstić information content (AvgIpc) is 2.73. The molecule has 2 aromatic rings. The zero-order valence-corrected chi connectivity index (χ0v) is 12.0. The Morgan fingerprint density at radius 1 is 1.30 bits per heavy atom. The number of aromatic nitrogens is 2. The first kappa shape index (κ1) is 14.7. The summed E-state index contributed by atoms with van der Waals surface area (Å²) in [5.41, 5.74) is 1.99. The fourth-order valence-electron chi connectivity index (χ4n) is 2.31. The largest absolute Gasteiger partial charge is 0.306 e. The number of benzene rings is 1. The van der Waals surface area contributed by atoms with Crippen LogP contribution in [0.15, 0.2) is 24.4 Å². The van der Waals surface area contributed by atoms with Gasteiger partial charge in [-0.05, 0) is 38.1 Å². The molecule has 108 valence electrons. The highest BCUT2D eigenvalue weighted by atomic mass is 19.1. The predicted octanol–water partition coefficient (Wildman–Crippen LogP) is 3.10. The summed E-state index contributed by atoms with van der Waals surface area (Å²) < 4.78 is 29.2. The van der Waals surface area contributed by atoms with Crippen LogP contribution < -0.4 is 5.32 Å². The quantitative estimate of drug-likeness (QED) is 0.911. The monoisotopic (exact) mass is 279 g/mol. The number of hydrogen-bond acceptors (Lipinski definition) is 2. The highest BCUT2D eigenvalue weighted by Crippen LogP contribution is 2.27. The van der Waals surface area contributed by atoms with Crippen LogP contribution in [-0.4, -0.2) is 16.3 Å². The molecule has 5 heteroatoms. The fourth-order valence-corrected chi connectivity index (χ4v) is 2.31. The number of aryl methyl sites for hydroxylation is 2. The van der Waals surface area contributed by atoms with Crippen molar-refractivity contribution in [1.82, 2.24) is 15.1 Å². The van der Waals surface area contributed by atoms with Gasteiger partial charge in [-0.25, -0.2) is 8.78 Å². The van der Waals surface area contributed by atoms with Crippen molar-refractivity contribution in [3.05, 3.63) is 52.9 Å². The van der Waals surface area contributed by atoms with Gasteiger partial charge in [0.15, 0.2) is 0 Å². The molecule has 1 aromatic carbocycles. The molecule has 0 spiro atoms. The van der Waals surface area contributed by atoms with E-state index in [0.29, 0.717) is 5.56 Å². The minimum atomic E-state index is -0.439. The fraction of sp³-hybridized carbons (Fsp3) is 0.400. The van der Waals surface area contributed by atoms with E-state index in [2.05, 4.69) is 10.4 Å². The van der Waals surface area contributed by atoms with Gasteiger partial charge < -0.3 is 5.32 Å². The van der Waals surface area contributed by atoms with Crippen molar-refractivity contribution in [2.24, 2.45) is 7.05 Å². The molecule has 1 aromatic heterocycles. The zero-order chi connectivity index (χ0) is 14.7. The van der Waals surface area contributed by atoms with E-state index < -0.39 is 11.6 Å². The van der Waals surface area contributed by atoms with Gasteiger partial charge in [-0.2, -0.15) is 5.10 Å². The van der Waals surface area contributed by atoms with Crippen molar-refractivity contribution in [3.8, 4) is 0 Å². The average molecular weight is 279 g/mol. The topological polar surface area (TPSA) is 29.9 Å². The molecule has 0 fully saturated rings. The lowest BCUT2D eigenvalue weighted by Gasteiger charge is -2.19. The van der Waals surface area contributed by atoms with Crippen molar-refractivity contribution in [3.63, 3.8) is 0 Å². The van der Waals surface area contributed by atoms with Crippen molar-refractivity contribution in [1.29, 1.82) is 0 Å². The lowest BCUT2D eigenvalue weighted by molar-refractivity contribution is 0.534. The summed E-state index contributed by atoms with van der Waals surface area (Å²) in [7, 11) is 1.81. The predicted molar refractivity (Wildman–Crippen MR) is 74.4 cm³/mol. The Bertz CT molecular complexity index is 593. The molecule has 1 N–H and O–H groups in total. The zero-order valence-electron chi connectivity index (χ0n) is 12.0. The first-order valence-corrected chi connectivity index (χ1v) is 6.71. The number of nitrogens with one attached hydrogen (secondary N) is 1. The van der Waals surface area contributed by atoms with E-state index >= 15 is 0 Å². The maximum absolute atomic E-state index is 14.0. The molecule has 0 bridgehead atoms. The second-order valence-electron chi connectivity index (χ2n) is 4.90. The molecule has 0 saturated heterocycles. The minimum Gasteiger partial charge on any atom is -0.306 e. The summed E-state index contributed by atoms with van der Waals surface area (Å²) in [4.78, 5) is 0. The van der Waals surface area contributed by atoms with Crippen LogP contribution in [0, 0.1) is 18.6 Å². The Kier molecular flexibility index (Phi) is 4.49. The Balaban J connectivity index is 2.46. The molecule has 0 aliphatic carbocycles. The summed E-state index contributed by atoms with van der Waals surface area (Å²) in [6, 6.07) is 3.15. The smallest absolute Gasteiger partial charge is 0.128 e. The molecule has 20 heavy (non-hydrogen) atoms. The highest BCUT2D eigenvalue weighted by molar-refractivity contribution is 5.34. The van der Waals surface area contributed by atoms with Crippen molar-refractivity contribution < 1.29 is 8.78 Å².